The number of hydrogen-bond donors (Lipinski definition) is 1. The van der Waals surface area contributed by atoms with Gasteiger partial charge < -0.3 is 14.9 Å². The molecule has 1 spiro atoms. The zero-order valence-corrected chi connectivity index (χ0v) is 15.3. The van der Waals surface area contributed by atoms with Crippen LogP contribution in [0.4, 0.5) is 0 Å². The summed E-state index contributed by atoms with van der Waals surface area (Å²) >= 11 is 0. The Hall–Kier alpha value is -1.96. The van der Waals surface area contributed by atoms with Crippen LogP contribution in [-0.4, -0.2) is 74.3 Å². The van der Waals surface area contributed by atoms with Gasteiger partial charge >= 0.3 is 0 Å². The van der Waals surface area contributed by atoms with Gasteiger partial charge in [-0.2, -0.15) is 5.10 Å². The summed E-state index contributed by atoms with van der Waals surface area (Å²) in [6.45, 7) is 3.70. The summed E-state index contributed by atoms with van der Waals surface area (Å²) in [5.41, 5.74) is 0.0309. The maximum Gasteiger partial charge on any atom is 0.222 e. The molecule has 0 aromatic carbocycles. The summed E-state index contributed by atoms with van der Waals surface area (Å²) < 4.78 is 1.75. The Morgan fingerprint density at radius 1 is 1.23 bits per heavy atom. The zero-order chi connectivity index (χ0) is 18.4. The van der Waals surface area contributed by atoms with Crippen LogP contribution in [0, 0.1) is 5.41 Å². The van der Waals surface area contributed by atoms with Gasteiger partial charge in [0.15, 0.2) is 0 Å². The minimum atomic E-state index is 0.0309. The molecule has 2 fully saturated rings. The van der Waals surface area contributed by atoms with Crippen molar-refractivity contribution in [2.45, 2.75) is 51.5 Å². The number of aliphatic hydroxyl groups excluding tert-OH is 1. The molecule has 0 unspecified atom stereocenters. The Morgan fingerprint density at radius 3 is 2.88 bits per heavy atom. The normalized spacial score (nSPS) is 23.7. The van der Waals surface area contributed by atoms with Gasteiger partial charge in [0.1, 0.15) is 12.7 Å². The number of aliphatic hydroxyl groups is 1. The Labute approximate surface area is 154 Å². The number of amides is 2. The highest BCUT2D eigenvalue weighted by molar-refractivity contribution is 5.78. The third-order valence-electron chi connectivity index (χ3n) is 5.59. The molecule has 3 rings (SSSR count). The van der Waals surface area contributed by atoms with Crippen molar-refractivity contribution in [1.82, 2.24) is 24.6 Å². The number of carbonyl (C=O) groups is 2. The first-order valence-corrected chi connectivity index (χ1v) is 9.61. The monoisotopic (exact) mass is 363 g/mol. The number of aryl methyl sites for hydroxylation is 1. The third-order valence-corrected chi connectivity index (χ3v) is 5.59. The summed E-state index contributed by atoms with van der Waals surface area (Å²) in [6.07, 6.45) is 8.55. The summed E-state index contributed by atoms with van der Waals surface area (Å²) in [6, 6.07) is 0. The number of hydrogen-bond acceptors (Lipinski definition) is 5. The molecular formula is C18H29N5O3. The molecule has 0 aliphatic carbocycles. The van der Waals surface area contributed by atoms with Crippen molar-refractivity contribution in [2.24, 2.45) is 5.41 Å². The molecule has 2 saturated heterocycles. The van der Waals surface area contributed by atoms with E-state index in [1.165, 1.54) is 6.33 Å². The van der Waals surface area contributed by atoms with Crippen LogP contribution < -0.4 is 0 Å². The van der Waals surface area contributed by atoms with Gasteiger partial charge in [-0.1, -0.05) is 0 Å². The van der Waals surface area contributed by atoms with E-state index in [1.54, 1.807) is 11.0 Å². The molecule has 2 amide bonds. The van der Waals surface area contributed by atoms with Crippen LogP contribution in [0.25, 0.3) is 0 Å². The van der Waals surface area contributed by atoms with Gasteiger partial charge in [0, 0.05) is 57.6 Å². The summed E-state index contributed by atoms with van der Waals surface area (Å²) in [7, 11) is 0. The third kappa shape index (κ3) is 4.60. The Balaban J connectivity index is 1.52. The lowest BCUT2D eigenvalue weighted by atomic mass is 9.73. The molecule has 1 aromatic rings. The maximum absolute atomic E-state index is 12.6. The van der Waals surface area contributed by atoms with Crippen molar-refractivity contribution >= 4 is 11.8 Å². The number of carbonyl (C=O) groups excluding carboxylic acids is 2. The first kappa shape index (κ1) is 18.8. The summed E-state index contributed by atoms with van der Waals surface area (Å²) in [4.78, 5) is 32.6. The average molecular weight is 363 g/mol. The van der Waals surface area contributed by atoms with E-state index in [-0.39, 0.29) is 23.8 Å². The number of piperidine rings is 2. The fourth-order valence-electron chi connectivity index (χ4n) is 4.22. The van der Waals surface area contributed by atoms with Gasteiger partial charge in [-0.15, -0.1) is 0 Å². The molecule has 1 atom stereocenters. The Morgan fingerprint density at radius 2 is 2.12 bits per heavy atom. The topological polar surface area (TPSA) is 91.6 Å². The van der Waals surface area contributed by atoms with Crippen molar-refractivity contribution in [3.63, 3.8) is 0 Å². The lowest BCUT2D eigenvalue weighted by molar-refractivity contribution is -0.143. The zero-order valence-electron chi connectivity index (χ0n) is 15.3. The molecule has 2 aliphatic rings. The van der Waals surface area contributed by atoms with Crippen LogP contribution in [0.5, 0.6) is 0 Å². The van der Waals surface area contributed by atoms with Crippen LogP contribution >= 0.6 is 0 Å². The second-order valence-corrected chi connectivity index (χ2v) is 7.57. The van der Waals surface area contributed by atoms with E-state index >= 15 is 0 Å². The van der Waals surface area contributed by atoms with Gasteiger partial charge in [0.05, 0.1) is 0 Å². The molecular weight excluding hydrogens is 334 g/mol. The van der Waals surface area contributed by atoms with Gasteiger partial charge in [0.2, 0.25) is 11.8 Å². The van der Waals surface area contributed by atoms with Crippen molar-refractivity contribution in [2.75, 3.05) is 32.8 Å². The number of nitrogens with zero attached hydrogens (tertiary/aromatic N) is 5. The Kier molecular flexibility index (Phi) is 6.24. The molecule has 2 aliphatic heterocycles. The SMILES string of the molecule is O=C(CCCn1cncn1)N1CCC[C@@]2(CCC(=O)N(CCCO)C2)C1. The minimum absolute atomic E-state index is 0.0309. The van der Waals surface area contributed by atoms with E-state index in [9.17, 15) is 9.59 Å². The molecule has 0 saturated carbocycles. The van der Waals surface area contributed by atoms with E-state index in [0.717, 1.165) is 38.8 Å². The highest BCUT2D eigenvalue weighted by Crippen LogP contribution is 2.39. The summed E-state index contributed by atoms with van der Waals surface area (Å²) in [5.74, 6) is 0.378. The minimum Gasteiger partial charge on any atom is -0.396 e. The van der Waals surface area contributed by atoms with Gasteiger partial charge in [-0.25, -0.2) is 4.98 Å². The van der Waals surface area contributed by atoms with E-state index in [1.807, 2.05) is 9.80 Å². The molecule has 0 radical (unpaired) electrons. The maximum atomic E-state index is 12.6. The molecule has 144 valence electrons. The quantitative estimate of drug-likeness (QED) is 0.769. The lowest BCUT2D eigenvalue weighted by Crippen LogP contribution is -2.55. The average Bonchev–Trinajstić information content (AvgIpc) is 3.16. The fraction of sp³-hybridized carbons (Fsp3) is 0.778. The number of aromatic nitrogens is 3. The lowest BCUT2D eigenvalue weighted by Gasteiger charge is -2.48. The van der Waals surface area contributed by atoms with Crippen molar-refractivity contribution in [3.05, 3.63) is 12.7 Å². The molecule has 1 aromatic heterocycles. The molecule has 1 N–H and O–H groups in total. The van der Waals surface area contributed by atoms with Crippen molar-refractivity contribution in [3.8, 4) is 0 Å². The van der Waals surface area contributed by atoms with E-state index < -0.39 is 0 Å². The van der Waals surface area contributed by atoms with E-state index in [0.29, 0.717) is 38.9 Å². The molecule has 8 nitrogen and oxygen atoms in total. The van der Waals surface area contributed by atoms with Gasteiger partial charge in [-0.3, -0.25) is 14.3 Å². The molecule has 8 heteroatoms. The van der Waals surface area contributed by atoms with Crippen LogP contribution in [0.1, 0.15) is 44.9 Å². The predicted octanol–water partition coefficient (Wildman–Crippen LogP) is 0.672. The van der Waals surface area contributed by atoms with Crippen LogP contribution in [0.2, 0.25) is 0 Å². The van der Waals surface area contributed by atoms with E-state index in [2.05, 4.69) is 10.1 Å². The highest BCUT2D eigenvalue weighted by atomic mass is 16.3. The van der Waals surface area contributed by atoms with Gasteiger partial charge in [-0.05, 0) is 32.1 Å². The largest absolute Gasteiger partial charge is 0.396 e. The second-order valence-electron chi connectivity index (χ2n) is 7.57. The van der Waals surface area contributed by atoms with Crippen LogP contribution in [0.15, 0.2) is 12.7 Å². The second kappa shape index (κ2) is 8.62. The number of rotatable bonds is 7. The van der Waals surface area contributed by atoms with Gasteiger partial charge in [0.25, 0.3) is 0 Å². The fourth-order valence-corrected chi connectivity index (χ4v) is 4.22. The predicted molar refractivity (Wildman–Crippen MR) is 95.0 cm³/mol. The van der Waals surface area contributed by atoms with Crippen molar-refractivity contribution in [1.29, 1.82) is 0 Å². The number of likely N-dealkylation sites (tertiary alicyclic amines) is 2. The highest BCUT2D eigenvalue weighted by Gasteiger charge is 2.42. The standard InChI is InChI=1S/C18H29N5O3/c24-11-3-9-22-13-18(7-5-17(22)26)6-2-8-21(12-18)16(25)4-1-10-23-15-19-14-20-23/h14-15,24H,1-13H2/t18-/m1/s1. The van der Waals surface area contributed by atoms with Crippen LogP contribution in [0.3, 0.4) is 0 Å². The molecule has 0 bridgehead atoms. The Bertz CT molecular complexity index is 606. The smallest absolute Gasteiger partial charge is 0.222 e. The van der Waals surface area contributed by atoms with Crippen LogP contribution in [-0.2, 0) is 16.1 Å². The molecule has 3 heterocycles. The van der Waals surface area contributed by atoms with E-state index in [4.69, 9.17) is 5.11 Å². The first-order valence-electron chi connectivity index (χ1n) is 9.61. The summed E-state index contributed by atoms with van der Waals surface area (Å²) in [5, 5.41) is 13.1. The van der Waals surface area contributed by atoms with Crippen molar-refractivity contribution < 1.29 is 14.7 Å². The first-order chi connectivity index (χ1) is 12.6. The molecule has 26 heavy (non-hydrogen) atoms.